The van der Waals surface area contributed by atoms with Crippen LogP contribution in [0.15, 0.2) is 47.4 Å². The fourth-order valence-corrected chi connectivity index (χ4v) is 6.09. The highest BCUT2D eigenvalue weighted by Gasteiger charge is 2.36. The Morgan fingerprint density at radius 1 is 1.21 bits per heavy atom. The fourth-order valence-electron chi connectivity index (χ4n) is 4.41. The molecule has 8 nitrogen and oxygen atoms in total. The Hall–Kier alpha value is -2.46. The van der Waals surface area contributed by atoms with Crippen LogP contribution in [0.25, 0.3) is 0 Å². The number of hydrogen-bond acceptors (Lipinski definition) is 6. The minimum Gasteiger partial charge on any atom is -0.381 e. The van der Waals surface area contributed by atoms with Crippen LogP contribution in [0.5, 0.6) is 0 Å². The van der Waals surface area contributed by atoms with Gasteiger partial charge in [0.25, 0.3) is 5.91 Å². The summed E-state index contributed by atoms with van der Waals surface area (Å²) in [5, 5.41) is 3.56. The van der Waals surface area contributed by atoms with E-state index in [0.717, 1.165) is 18.4 Å². The molecule has 0 bridgehead atoms. The number of carbonyl (C=O) groups excluding carboxylic acids is 2. The van der Waals surface area contributed by atoms with Crippen LogP contribution in [-0.2, 0) is 25.9 Å². The topological polar surface area (TPSA) is 119 Å². The van der Waals surface area contributed by atoms with Crippen molar-refractivity contribution in [2.24, 2.45) is 11.7 Å². The zero-order valence-electron chi connectivity index (χ0n) is 18.9. The molecule has 2 aliphatic rings. The van der Waals surface area contributed by atoms with Crippen molar-refractivity contribution in [3.63, 3.8) is 0 Å². The van der Waals surface area contributed by atoms with Crippen LogP contribution in [0.2, 0.25) is 5.02 Å². The number of hydrogen-bond donors (Lipinski definition) is 2. The molecule has 0 radical (unpaired) electrons. The van der Waals surface area contributed by atoms with Gasteiger partial charge in [0.05, 0.1) is 28.9 Å². The first-order chi connectivity index (χ1) is 16.2. The summed E-state index contributed by atoms with van der Waals surface area (Å²) in [6, 6.07) is 9.94. The lowest BCUT2D eigenvalue weighted by molar-refractivity contribution is -0.119. The highest BCUT2D eigenvalue weighted by Crippen LogP contribution is 2.33. The predicted molar refractivity (Wildman–Crippen MR) is 130 cm³/mol. The maximum atomic E-state index is 13.1. The Bertz CT molecular complexity index is 1180. The highest BCUT2D eigenvalue weighted by atomic mass is 35.5. The number of nitrogens with two attached hydrogens (primary N) is 1. The van der Waals surface area contributed by atoms with Gasteiger partial charge in [0.15, 0.2) is 9.84 Å². The summed E-state index contributed by atoms with van der Waals surface area (Å²) < 4.78 is 31.3. The Balaban J connectivity index is 1.68. The predicted octanol–water partition coefficient (Wildman–Crippen LogP) is 2.53. The minimum absolute atomic E-state index is 0.0169. The molecule has 0 spiro atoms. The third-order valence-corrected chi connectivity index (χ3v) is 8.48. The lowest BCUT2D eigenvalue weighted by Crippen LogP contribution is -2.45. The number of benzene rings is 2. The molecule has 0 aliphatic carbocycles. The van der Waals surface area contributed by atoms with E-state index in [1.807, 2.05) is 6.92 Å². The normalized spacial score (nSPS) is 21.4. The first-order valence-corrected chi connectivity index (χ1v) is 13.3. The van der Waals surface area contributed by atoms with Gasteiger partial charge in [-0.15, -0.1) is 0 Å². The van der Waals surface area contributed by atoms with Crippen molar-refractivity contribution in [3.05, 3.63) is 58.6 Å². The quantitative estimate of drug-likeness (QED) is 0.644. The number of carbonyl (C=O) groups is 2. The number of nitrogens with one attached hydrogen (secondary N) is 1. The van der Waals surface area contributed by atoms with E-state index in [4.69, 9.17) is 22.1 Å². The molecule has 4 rings (SSSR count). The maximum absolute atomic E-state index is 13.1. The summed E-state index contributed by atoms with van der Waals surface area (Å²) >= 11 is 5.97. The number of nitrogens with zero attached hydrogens (tertiary/aromatic N) is 1. The first kappa shape index (κ1) is 24.7. The number of anilines is 1. The Kier molecular flexibility index (Phi) is 7.28. The third-order valence-electron chi connectivity index (χ3n) is 6.41. The average Bonchev–Trinajstić information content (AvgIpc) is 2.89. The summed E-state index contributed by atoms with van der Waals surface area (Å²) in [4.78, 5) is 27.5. The fraction of sp³-hybridized carbons (Fsp3) is 0.417. The van der Waals surface area contributed by atoms with Crippen molar-refractivity contribution < 1.29 is 22.7 Å². The molecule has 1 unspecified atom stereocenters. The van der Waals surface area contributed by atoms with E-state index in [9.17, 15) is 18.0 Å². The van der Waals surface area contributed by atoms with Crippen LogP contribution in [0, 0.1) is 5.92 Å². The largest absolute Gasteiger partial charge is 0.381 e. The Labute approximate surface area is 204 Å². The molecule has 34 heavy (non-hydrogen) atoms. The number of rotatable bonds is 5. The molecule has 1 fully saturated rings. The van der Waals surface area contributed by atoms with Crippen molar-refractivity contribution >= 4 is 38.9 Å². The van der Waals surface area contributed by atoms with Gasteiger partial charge in [0.2, 0.25) is 5.91 Å². The molecule has 1 saturated heterocycles. The van der Waals surface area contributed by atoms with E-state index in [0.29, 0.717) is 24.2 Å². The van der Waals surface area contributed by atoms with Crippen molar-refractivity contribution in [2.45, 2.75) is 43.3 Å². The number of sulfone groups is 1. The average molecular weight is 506 g/mol. The Morgan fingerprint density at radius 3 is 2.56 bits per heavy atom. The summed E-state index contributed by atoms with van der Waals surface area (Å²) in [5.74, 6) is -1.04. The molecule has 2 heterocycles. The van der Waals surface area contributed by atoms with Gasteiger partial charge in [0, 0.05) is 29.8 Å². The number of fused-ring (bicyclic) bond motifs is 1. The summed E-state index contributed by atoms with van der Waals surface area (Å²) in [6.07, 6.45) is 1.73. The van der Waals surface area contributed by atoms with E-state index in [1.165, 1.54) is 23.1 Å². The second-order valence-electron chi connectivity index (χ2n) is 8.83. The van der Waals surface area contributed by atoms with E-state index in [-0.39, 0.29) is 34.6 Å². The summed E-state index contributed by atoms with van der Waals surface area (Å²) in [5.41, 5.74) is 7.14. The molecule has 182 valence electrons. The molecule has 0 saturated carbocycles. The number of halogens is 1. The molecule has 2 aromatic carbocycles. The SMILES string of the molecule is CC(NC(=O)c1ccc2c(c1)N(Cc1ccc(Cl)cc1)C(=O)[C@@H](N)CS2(=O)=O)C1CCOCC1. The van der Waals surface area contributed by atoms with Crippen LogP contribution < -0.4 is 16.0 Å². The molecule has 0 aromatic heterocycles. The molecular formula is C24H28ClN3O5S. The van der Waals surface area contributed by atoms with Gasteiger partial charge in [-0.2, -0.15) is 0 Å². The van der Waals surface area contributed by atoms with Gasteiger partial charge in [-0.05, 0) is 61.6 Å². The van der Waals surface area contributed by atoms with Crippen LogP contribution in [0.1, 0.15) is 35.7 Å². The Morgan fingerprint density at radius 2 is 1.88 bits per heavy atom. The molecule has 2 aromatic rings. The lowest BCUT2D eigenvalue weighted by atomic mass is 9.93. The summed E-state index contributed by atoms with van der Waals surface area (Å²) in [7, 11) is -3.83. The lowest BCUT2D eigenvalue weighted by Gasteiger charge is -2.28. The summed E-state index contributed by atoms with van der Waals surface area (Å²) in [6.45, 7) is 3.39. The zero-order chi connectivity index (χ0) is 24.5. The first-order valence-electron chi connectivity index (χ1n) is 11.2. The molecule has 2 amide bonds. The molecular weight excluding hydrogens is 478 g/mol. The van der Waals surface area contributed by atoms with Crippen LogP contribution >= 0.6 is 11.6 Å². The van der Waals surface area contributed by atoms with Gasteiger partial charge in [-0.3, -0.25) is 9.59 Å². The second-order valence-corrected chi connectivity index (χ2v) is 11.3. The van der Waals surface area contributed by atoms with Crippen LogP contribution in [0.4, 0.5) is 5.69 Å². The van der Waals surface area contributed by atoms with E-state index < -0.39 is 27.5 Å². The minimum atomic E-state index is -3.83. The van der Waals surface area contributed by atoms with Crippen molar-refractivity contribution in [2.75, 3.05) is 23.9 Å². The highest BCUT2D eigenvalue weighted by molar-refractivity contribution is 7.91. The number of amides is 2. The number of ether oxygens (including phenoxy) is 1. The molecule has 3 N–H and O–H groups in total. The van der Waals surface area contributed by atoms with E-state index in [1.54, 1.807) is 24.3 Å². The smallest absolute Gasteiger partial charge is 0.251 e. The van der Waals surface area contributed by atoms with Gasteiger partial charge in [-0.1, -0.05) is 23.7 Å². The van der Waals surface area contributed by atoms with Crippen LogP contribution in [0.3, 0.4) is 0 Å². The maximum Gasteiger partial charge on any atom is 0.251 e. The van der Waals surface area contributed by atoms with Gasteiger partial charge >= 0.3 is 0 Å². The monoisotopic (exact) mass is 505 g/mol. The third kappa shape index (κ3) is 5.27. The van der Waals surface area contributed by atoms with Gasteiger partial charge in [-0.25, -0.2) is 8.42 Å². The van der Waals surface area contributed by atoms with Crippen molar-refractivity contribution in [1.29, 1.82) is 0 Å². The standard InChI is InChI=1S/C24H28ClN3O5S/c1-15(17-8-10-33-11-9-17)27-23(29)18-4-7-22-21(12-18)28(13-16-2-5-19(25)6-3-16)24(30)20(26)14-34(22,31)32/h2-7,12,15,17,20H,8-11,13-14,26H2,1H3,(H,27,29)/t15?,20-/m0/s1. The van der Waals surface area contributed by atoms with Crippen molar-refractivity contribution in [1.82, 2.24) is 5.32 Å². The van der Waals surface area contributed by atoms with Gasteiger partial charge in [0.1, 0.15) is 0 Å². The molecule has 2 atom stereocenters. The van der Waals surface area contributed by atoms with E-state index >= 15 is 0 Å². The molecule has 2 aliphatic heterocycles. The second kappa shape index (κ2) is 10.0. The van der Waals surface area contributed by atoms with E-state index in [2.05, 4.69) is 5.32 Å². The van der Waals surface area contributed by atoms with Gasteiger partial charge < -0.3 is 20.7 Å². The van der Waals surface area contributed by atoms with Crippen LogP contribution in [-0.4, -0.2) is 51.3 Å². The van der Waals surface area contributed by atoms with Crippen molar-refractivity contribution in [3.8, 4) is 0 Å². The zero-order valence-corrected chi connectivity index (χ0v) is 20.4. The molecule has 10 heteroatoms.